The highest BCUT2D eigenvalue weighted by molar-refractivity contribution is 5.97. The fraction of sp³-hybridized carbons (Fsp3) is 0.294. The number of nitrogens with zero attached hydrogens (tertiary/aromatic N) is 1. The number of nitrogens with one attached hydrogen (secondary N) is 1. The third-order valence-electron chi connectivity index (χ3n) is 3.43. The average Bonchev–Trinajstić information content (AvgIpc) is 2.48. The van der Waals surface area contributed by atoms with E-state index in [2.05, 4.69) is 5.32 Å². The molecule has 0 radical (unpaired) electrons. The first-order valence-corrected chi connectivity index (χ1v) is 7.00. The molecule has 1 amide bonds. The van der Waals surface area contributed by atoms with Crippen LogP contribution >= 0.6 is 0 Å². The second-order valence-corrected chi connectivity index (χ2v) is 4.97. The predicted octanol–water partition coefficient (Wildman–Crippen LogP) is 2.56. The lowest BCUT2D eigenvalue weighted by molar-refractivity contribution is 0.0962. The average molecular weight is 302 g/mol. The van der Waals surface area contributed by atoms with E-state index >= 15 is 0 Å². The van der Waals surface area contributed by atoms with Crippen molar-refractivity contribution in [3.63, 3.8) is 0 Å². The quantitative estimate of drug-likeness (QED) is 0.840. The number of allylic oxidation sites excluding steroid dienone is 5. The van der Waals surface area contributed by atoms with Gasteiger partial charge in [-0.05, 0) is 33.8 Å². The molecule has 1 aromatic heterocycles. The highest BCUT2D eigenvalue weighted by Gasteiger charge is 2.18. The van der Waals surface area contributed by atoms with Crippen molar-refractivity contribution in [2.45, 2.75) is 27.7 Å². The minimum Gasteiger partial charge on any atom is -0.507 e. The molecule has 22 heavy (non-hydrogen) atoms. The van der Waals surface area contributed by atoms with E-state index < -0.39 is 11.5 Å². The van der Waals surface area contributed by atoms with Gasteiger partial charge in [0.2, 0.25) is 0 Å². The smallest absolute Gasteiger partial charge is 0.267 e. The molecule has 2 N–H and O–H groups in total. The molecular weight excluding hydrogens is 280 g/mol. The lowest BCUT2D eigenvalue weighted by Gasteiger charge is -2.10. The summed E-state index contributed by atoms with van der Waals surface area (Å²) in [7, 11) is 1.56. The third kappa shape index (κ3) is 3.97. The largest absolute Gasteiger partial charge is 0.507 e. The van der Waals surface area contributed by atoms with Gasteiger partial charge in [-0.25, -0.2) is 0 Å². The SMILES string of the molecule is C\C=C(C)/C=C\C(=C\C)NC(=O)c1c(O)cc(C)n(C)c1=O. The number of hydrogen-bond donors (Lipinski definition) is 2. The zero-order valence-corrected chi connectivity index (χ0v) is 13.6. The number of pyridine rings is 1. The molecule has 0 fully saturated rings. The molecule has 0 spiro atoms. The van der Waals surface area contributed by atoms with E-state index in [4.69, 9.17) is 0 Å². The van der Waals surface area contributed by atoms with Gasteiger partial charge in [0.1, 0.15) is 11.3 Å². The molecule has 1 rings (SSSR count). The van der Waals surface area contributed by atoms with Crippen LogP contribution in [0, 0.1) is 6.92 Å². The van der Waals surface area contributed by atoms with Gasteiger partial charge in [-0.15, -0.1) is 0 Å². The van der Waals surface area contributed by atoms with Crippen LogP contribution in [0.4, 0.5) is 0 Å². The van der Waals surface area contributed by atoms with Crippen molar-refractivity contribution in [2.75, 3.05) is 0 Å². The van der Waals surface area contributed by atoms with Gasteiger partial charge in [0, 0.05) is 24.5 Å². The van der Waals surface area contributed by atoms with Gasteiger partial charge in [-0.3, -0.25) is 9.59 Å². The Labute approximate surface area is 130 Å². The summed E-state index contributed by atoms with van der Waals surface area (Å²) in [6.07, 6.45) is 7.24. The van der Waals surface area contributed by atoms with Crippen LogP contribution in [0.2, 0.25) is 0 Å². The second kappa shape index (κ2) is 7.45. The topological polar surface area (TPSA) is 71.3 Å². The van der Waals surface area contributed by atoms with Crippen LogP contribution in [0.3, 0.4) is 0 Å². The number of rotatable bonds is 4. The van der Waals surface area contributed by atoms with Crippen LogP contribution in [0.25, 0.3) is 0 Å². The van der Waals surface area contributed by atoms with Gasteiger partial charge >= 0.3 is 0 Å². The van der Waals surface area contributed by atoms with Crippen molar-refractivity contribution < 1.29 is 9.90 Å². The van der Waals surface area contributed by atoms with Crippen molar-refractivity contribution >= 4 is 5.91 Å². The predicted molar refractivity (Wildman–Crippen MR) is 87.9 cm³/mol. The maximum absolute atomic E-state index is 12.3. The van der Waals surface area contributed by atoms with Gasteiger partial charge in [0.05, 0.1) is 0 Å². The lowest BCUT2D eigenvalue weighted by Crippen LogP contribution is -2.32. The standard InChI is InChI=1S/C17H22N2O3/c1-6-11(3)8-9-13(7-2)18-16(21)15-14(20)10-12(4)19(5)17(15)22/h6-10,20H,1-5H3,(H,18,21)/b9-8-,11-6-,13-7-. The molecule has 5 heteroatoms. The summed E-state index contributed by atoms with van der Waals surface area (Å²) in [5, 5.41) is 12.5. The van der Waals surface area contributed by atoms with E-state index in [1.54, 1.807) is 33.0 Å². The molecule has 0 aliphatic carbocycles. The second-order valence-electron chi connectivity index (χ2n) is 4.97. The molecule has 118 valence electrons. The Balaban J connectivity index is 3.11. The van der Waals surface area contributed by atoms with Crippen molar-refractivity contribution in [2.24, 2.45) is 7.05 Å². The third-order valence-corrected chi connectivity index (χ3v) is 3.43. The zero-order valence-electron chi connectivity index (χ0n) is 13.6. The van der Waals surface area contributed by atoms with E-state index in [0.717, 1.165) is 5.57 Å². The Morgan fingerprint density at radius 1 is 1.27 bits per heavy atom. The molecule has 0 unspecified atom stereocenters. The molecule has 0 bridgehead atoms. The Kier molecular flexibility index (Phi) is 5.92. The van der Waals surface area contributed by atoms with Gasteiger partial charge < -0.3 is 15.0 Å². The lowest BCUT2D eigenvalue weighted by atomic mass is 10.2. The number of amides is 1. The number of aromatic hydroxyl groups is 1. The van der Waals surface area contributed by atoms with Crippen LogP contribution in [-0.4, -0.2) is 15.6 Å². The van der Waals surface area contributed by atoms with Gasteiger partial charge in [-0.1, -0.05) is 23.8 Å². The Hall–Kier alpha value is -2.56. The summed E-state index contributed by atoms with van der Waals surface area (Å²) in [5.41, 5.74) is 1.38. The van der Waals surface area contributed by atoms with E-state index in [9.17, 15) is 14.7 Å². The molecule has 1 aromatic rings. The normalized spacial score (nSPS) is 12.8. The van der Waals surface area contributed by atoms with E-state index in [1.807, 2.05) is 26.0 Å². The summed E-state index contributed by atoms with van der Waals surface area (Å²) in [4.78, 5) is 24.4. The molecular formula is C17H22N2O3. The maximum Gasteiger partial charge on any atom is 0.267 e. The highest BCUT2D eigenvalue weighted by atomic mass is 16.3. The van der Waals surface area contributed by atoms with Gasteiger partial charge in [0.15, 0.2) is 0 Å². The minimum atomic E-state index is -0.631. The summed E-state index contributed by atoms with van der Waals surface area (Å²) < 4.78 is 1.32. The summed E-state index contributed by atoms with van der Waals surface area (Å²) in [5.74, 6) is -0.948. The summed E-state index contributed by atoms with van der Waals surface area (Å²) in [6, 6.07) is 1.39. The van der Waals surface area contributed by atoms with Gasteiger partial charge in [0.25, 0.3) is 11.5 Å². The Morgan fingerprint density at radius 2 is 1.91 bits per heavy atom. The van der Waals surface area contributed by atoms with Crippen LogP contribution in [0.5, 0.6) is 5.75 Å². The number of hydrogen-bond acceptors (Lipinski definition) is 3. The number of carbonyl (C=O) groups is 1. The van der Waals surface area contributed by atoms with Gasteiger partial charge in [-0.2, -0.15) is 0 Å². The molecule has 0 aromatic carbocycles. The number of aromatic nitrogens is 1. The van der Waals surface area contributed by atoms with Crippen LogP contribution < -0.4 is 10.9 Å². The zero-order chi connectivity index (χ0) is 16.9. The van der Waals surface area contributed by atoms with Crippen molar-refractivity contribution in [3.05, 3.63) is 63.3 Å². The van der Waals surface area contributed by atoms with Crippen molar-refractivity contribution in [1.82, 2.24) is 9.88 Å². The molecule has 1 heterocycles. The number of aryl methyl sites for hydroxylation is 1. The number of carbonyl (C=O) groups excluding carboxylic acids is 1. The van der Waals surface area contributed by atoms with E-state index in [-0.39, 0.29) is 11.3 Å². The van der Waals surface area contributed by atoms with Crippen LogP contribution in [0.1, 0.15) is 36.8 Å². The summed E-state index contributed by atoms with van der Waals surface area (Å²) >= 11 is 0. The van der Waals surface area contributed by atoms with Crippen LogP contribution in [0.15, 0.2) is 46.4 Å². The molecule has 5 nitrogen and oxygen atoms in total. The van der Waals surface area contributed by atoms with E-state index in [0.29, 0.717) is 11.4 Å². The monoisotopic (exact) mass is 302 g/mol. The Morgan fingerprint density at radius 3 is 2.45 bits per heavy atom. The highest BCUT2D eigenvalue weighted by Crippen LogP contribution is 2.14. The summed E-state index contributed by atoms with van der Waals surface area (Å²) in [6.45, 7) is 7.32. The molecule has 0 saturated heterocycles. The van der Waals surface area contributed by atoms with E-state index in [1.165, 1.54) is 10.6 Å². The molecule has 0 aliphatic rings. The van der Waals surface area contributed by atoms with Crippen LogP contribution in [-0.2, 0) is 7.05 Å². The fourth-order valence-electron chi connectivity index (χ4n) is 1.74. The van der Waals surface area contributed by atoms with Crippen molar-refractivity contribution in [3.8, 4) is 5.75 Å². The fourth-order valence-corrected chi connectivity index (χ4v) is 1.74. The molecule has 0 aliphatic heterocycles. The van der Waals surface area contributed by atoms with Crippen molar-refractivity contribution in [1.29, 1.82) is 0 Å². The molecule has 0 atom stereocenters. The maximum atomic E-state index is 12.3. The molecule has 0 saturated carbocycles. The first-order valence-electron chi connectivity index (χ1n) is 7.00. The first-order chi connectivity index (χ1) is 10.3. The first kappa shape index (κ1) is 17.5. The minimum absolute atomic E-state index is 0.261. The Bertz CT molecular complexity index is 722.